The highest BCUT2D eigenvalue weighted by Gasteiger charge is 2.49. The van der Waals surface area contributed by atoms with E-state index in [1.807, 2.05) is 6.92 Å². The van der Waals surface area contributed by atoms with Crippen molar-refractivity contribution in [1.29, 1.82) is 0 Å². The number of esters is 1. The van der Waals surface area contributed by atoms with Crippen molar-refractivity contribution in [2.45, 2.75) is 57.0 Å². The highest BCUT2D eigenvalue weighted by Crippen LogP contribution is 2.41. The van der Waals surface area contributed by atoms with Crippen molar-refractivity contribution >= 4 is 5.97 Å². The van der Waals surface area contributed by atoms with Crippen LogP contribution < -0.4 is 5.32 Å². The number of rotatable bonds is 4. The Morgan fingerprint density at radius 1 is 1.27 bits per heavy atom. The maximum atomic E-state index is 11.8. The minimum Gasteiger partial charge on any atom is -0.468 e. The minimum atomic E-state index is -0.427. The van der Waals surface area contributed by atoms with Crippen LogP contribution in [0, 0.1) is 5.92 Å². The Kier molecular flexibility index (Phi) is 3.01. The van der Waals surface area contributed by atoms with Crippen LogP contribution in [0.2, 0.25) is 0 Å². The molecule has 1 unspecified atom stereocenters. The first-order valence-electron chi connectivity index (χ1n) is 6.03. The number of carbonyl (C=O) groups excluding carboxylic acids is 1. The monoisotopic (exact) mass is 211 g/mol. The van der Waals surface area contributed by atoms with Crippen molar-refractivity contribution in [2.75, 3.05) is 7.11 Å². The number of hydrogen-bond acceptors (Lipinski definition) is 3. The molecule has 0 spiro atoms. The van der Waals surface area contributed by atoms with Gasteiger partial charge in [0.2, 0.25) is 0 Å². The van der Waals surface area contributed by atoms with E-state index in [0.717, 1.165) is 12.8 Å². The molecule has 2 saturated carbocycles. The lowest BCUT2D eigenvalue weighted by molar-refractivity contribution is -0.149. The Balaban J connectivity index is 2.01. The number of carbonyl (C=O) groups is 1. The van der Waals surface area contributed by atoms with Crippen LogP contribution in [0.1, 0.15) is 45.4 Å². The van der Waals surface area contributed by atoms with Crippen molar-refractivity contribution in [3.63, 3.8) is 0 Å². The van der Waals surface area contributed by atoms with E-state index in [9.17, 15) is 4.79 Å². The van der Waals surface area contributed by atoms with Crippen LogP contribution in [0.3, 0.4) is 0 Å². The number of methoxy groups -OCH3 is 1. The predicted molar refractivity (Wildman–Crippen MR) is 58.5 cm³/mol. The van der Waals surface area contributed by atoms with Gasteiger partial charge in [-0.25, -0.2) is 0 Å². The van der Waals surface area contributed by atoms with E-state index in [2.05, 4.69) is 5.32 Å². The second kappa shape index (κ2) is 4.12. The molecule has 86 valence electrons. The van der Waals surface area contributed by atoms with Crippen LogP contribution in [0.25, 0.3) is 0 Å². The summed E-state index contributed by atoms with van der Waals surface area (Å²) in [5, 5.41) is 3.53. The Bertz CT molecular complexity index is 244. The molecule has 0 aliphatic heterocycles. The third-order valence-corrected chi connectivity index (χ3v) is 3.86. The molecule has 0 bridgehead atoms. The predicted octanol–water partition coefficient (Wildman–Crippen LogP) is 1.86. The fourth-order valence-corrected chi connectivity index (χ4v) is 2.71. The average Bonchev–Trinajstić information content (AvgIpc) is 2.98. The summed E-state index contributed by atoms with van der Waals surface area (Å²) < 4.78 is 4.93. The van der Waals surface area contributed by atoms with Crippen molar-refractivity contribution in [1.82, 2.24) is 5.32 Å². The lowest BCUT2D eigenvalue weighted by Crippen LogP contribution is -2.55. The molecule has 2 rings (SSSR count). The van der Waals surface area contributed by atoms with E-state index in [0.29, 0.717) is 12.0 Å². The van der Waals surface area contributed by atoms with E-state index in [-0.39, 0.29) is 5.97 Å². The summed E-state index contributed by atoms with van der Waals surface area (Å²) in [6.07, 6.45) is 7.31. The third-order valence-electron chi connectivity index (χ3n) is 3.86. The lowest BCUT2D eigenvalue weighted by atomic mass is 9.94. The zero-order chi connectivity index (χ0) is 10.9. The molecule has 3 nitrogen and oxygen atoms in total. The quantitative estimate of drug-likeness (QED) is 0.721. The summed E-state index contributed by atoms with van der Waals surface area (Å²) in [6, 6.07) is 0.523. The molecule has 2 aliphatic carbocycles. The van der Waals surface area contributed by atoms with Gasteiger partial charge in [0.25, 0.3) is 0 Å². The van der Waals surface area contributed by atoms with E-state index < -0.39 is 5.54 Å². The summed E-state index contributed by atoms with van der Waals surface area (Å²) >= 11 is 0. The Morgan fingerprint density at radius 2 is 1.87 bits per heavy atom. The normalized spacial score (nSPS) is 26.3. The van der Waals surface area contributed by atoms with E-state index in [1.54, 1.807) is 0 Å². The van der Waals surface area contributed by atoms with Crippen molar-refractivity contribution < 1.29 is 9.53 Å². The van der Waals surface area contributed by atoms with Gasteiger partial charge in [-0.3, -0.25) is 10.1 Å². The molecule has 0 aromatic rings. The standard InChI is InChI=1S/C12H21NO2/c1-12(9-7-8-9,11(14)15-2)13-10-5-3-4-6-10/h9-10,13H,3-8H2,1-2H3. The molecule has 0 heterocycles. The third kappa shape index (κ3) is 2.17. The average molecular weight is 211 g/mol. The fraction of sp³-hybridized carbons (Fsp3) is 0.917. The molecule has 0 aromatic heterocycles. The summed E-state index contributed by atoms with van der Waals surface area (Å²) in [4.78, 5) is 11.8. The van der Waals surface area contributed by atoms with Crippen molar-refractivity contribution in [3.8, 4) is 0 Å². The maximum Gasteiger partial charge on any atom is 0.326 e. The van der Waals surface area contributed by atoms with Crippen LogP contribution in [0.15, 0.2) is 0 Å². The molecule has 0 amide bonds. The lowest BCUT2D eigenvalue weighted by Gasteiger charge is -2.31. The molecule has 0 radical (unpaired) electrons. The molecule has 15 heavy (non-hydrogen) atoms. The fourth-order valence-electron chi connectivity index (χ4n) is 2.71. The second-order valence-corrected chi connectivity index (χ2v) is 5.09. The van der Waals surface area contributed by atoms with Crippen molar-refractivity contribution in [2.24, 2.45) is 5.92 Å². The molecule has 2 fully saturated rings. The van der Waals surface area contributed by atoms with Gasteiger partial charge in [-0.05, 0) is 38.5 Å². The first-order valence-corrected chi connectivity index (χ1v) is 6.03. The molecule has 0 saturated heterocycles. The number of nitrogens with one attached hydrogen (secondary N) is 1. The zero-order valence-electron chi connectivity index (χ0n) is 9.71. The smallest absolute Gasteiger partial charge is 0.326 e. The SMILES string of the molecule is COC(=O)C(C)(NC1CCCC1)C1CC1. The van der Waals surface area contributed by atoms with Crippen LogP contribution in [-0.4, -0.2) is 24.7 Å². The topological polar surface area (TPSA) is 38.3 Å². The summed E-state index contributed by atoms with van der Waals surface area (Å²) in [5.74, 6) is 0.405. The van der Waals surface area contributed by atoms with Gasteiger partial charge >= 0.3 is 5.97 Å². The van der Waals surface area contributed by atoms with Crippen molar-refractivity contribution in [3.05, 3.63) is 0 Å². The largest absolute Gasteiger partial charge is 0.468 e. The van der Waals surface area contributed by atoms with E-state index >= 15 is 0 Å². The summed E-state index contributed by atoms with van der Waals surface area (Å²) in [7, 11) is 1.49. The summed E-state index contributed by atoms with van der Waals surface area (Å²) in [5.41, 5.74) is -0.427. The van der Waals surface area contributed by atoms with Gasteiger partial charge in [0, 0.05) is 6.04 Å². The number of hydrogen-bond donors (Lipinski definition) is 1. The highest BCUT2D eigenvalue weighted by molar-refractivity contribution is 5.81. The molecule has 1 N–H and O–H groups in total. The van der Waals surface area contributed by atoms with E-state index in [1.165, 1.54) is 32.8 Å². The first kappa shape index (κ1) is 10.9. The van der Waals surface area contributed by atoms with Crippen LogP contribution in [0.4, 0.5) is 0 Å². The van der Waals surface area contributed by atoms with Gasteiger partial charge in [-0.1, -0.05) is 12.8 Å². The first-order chi connectivity index (χ1) is 7.16. The second-order valence-electron chi connectivity index (χ2n) is 5.09. The molecule has 1 atom stereocenters. The minimum absolute atomic E-state index is 0.0862. The highest BCUT2D eigenvalue weighted by atomic mass is 16.5. The van der Waals surface area contributed by atoms with Gasteiger partial charge in [0.05, 0.1) is 7.11 Å². The van der Waals surface area contributed by atoms with E-state index in [4.69, 9.17) is 4.74 Å². The molecule has 2 aliphatic rings. The van der Waals surface area contributed by atoms with Gasteiger partial charge in [-0.2, -0.15) is 0 Å². The number of ether oxygens (including phenoxy) is 1. The van der Waals surface area contributed by atoms with Gasteiger partial charge < -0.3 is 4.74 Å². The van der Waals surface area contributed by atoms with Gasteiger partial charge in [0.1, 0.15) is 5.54 Å². The van der Waals surface area contributed by atoms with Gasteiger partial charge in [0.15, 0.2) is 0 Å². The Morgan fingerprint density at radius 3 is 2.33 bits per heavy atom. The van der Waals surface area contributed by atoms with Crippen LogP contribution in [-0.2, 0) is 9.53 Å². The maximum absolute atomic E-state index is 11.8. The molecule has 0 aromatic carbocycles. The zero-order valence-corrected chi connectivity index (χ0v) is 9.71. The summed E-state index contributed by atoms with van der Waals surface area (Å²) in [6.45, 7) is 2.01. The van der Waals surface area contributed by atoms with Crippen LogP contribution >= 0.6 is 0 Å². The molecule has 3 heteroatoms. The van der Waals surface area contributed by atoms with Crippen LogP contribution in [0.5, 0.6) is 0 Å². The molecular formula is C12H21NO2. The Hall–Kier alpha value is -0.570. The molecular weight excluding hydrogens is 190 g/mol. The van der Waals surface area contributed by atoms with Gasteiger partial charge in [-0.15, -0.1) is 0 Å². The Labute approximate surface area is 91.6 Å².